The number of hydrogen-bond acceptors (Lipinski definition) is 6. The van der Waals surface area contributed by atoms with Crippen molar-refractivity contribution in [2.45, 2.75) is 80.4 Å². The van der Waals surface area contributed by atoms with Gasteiger partial charge in [0, 0.05) is 25.2 Å². The Morgan fingerprint density at radius 2 is 1.55 bits per heavy atom. The number of nitrogens with one attached hydrogen (secondary N) is 2. The van der Waals surface area contributed by atoms with Crippen molar-refractivity contribution in [1.29, 1.82) is 0 Å². The van der Waals surface area contributed by atoms with Gasteiger partial charge in [-0.25, -0.2) is 31.1 Å². The lowest BCUT2D eigenvalue weighted by Crippen LogP contribution is -2.39. The van der Waals surface area contributed by atoms with Gasteiger partial charge in [-0.05, 0) is 77.1 Å². The highest BCUT2D eigenvalue weighted by molar-refractivity contribution is 7.90. The highest BCUT2D eigenvalue weighted by Gasteiger charge is 2.35. The smallest absolute Gasteiger partial charge is 0.410 e. The van der Waals surface area contributed by atoms with Gasteiger partial charge >= 0.3 is 6.09 Å². The fourth-order valence-corrected chi connectivity index (χ4v) is 5.33. The van der Waals surface area contributed by atoms with Gasteiger partial charge in [0.1, 0.15) is 5.60 Å². The summed E-state index contributed by atoms with van der Waals surface area (Å²) in [6.07, 6.45) is 3.55. The predicted octanol–water partition coefficient (Wildman–Crippen LogP) is 2.20. The molecule has 2 aliphatic rings. The van der Waals surface area contributed by atoms with E-state index in [0.29, 0.717) is 13.0 Å². The minimum atomic E-state index is -3.78. The molecule has 0 aromatic heterocycles. The summed E-state index contributed by atoms with van der Waals surface area (Å²) in [6.45, 7) is 5.97. The van der Waals surface area contributed by atoms with E-state index < -0.39 is 25.6 Å². The first-order valence-corrected chi connectivity index (χ1v) is 13.5. The molecule has 174 valence electrons. The van der Waals surface area contributed by atoms with E-state index in [1.165, 1.54) is 24.3 Å². The van der Waals surface area contributed by atoms with Gasteiger partial charge in [-0.3, -0.25) is 0 Å². The van der Waals surface area contributed by atoms with Crippen molar-refractivity contribution in [2.75, 3.05) is 13.1 Å². The first-order valence-electron chi connectivity index (χ1n) is 10.5. The molecule has 9 nitrogen and oxygen atoms in total. The summed E-state index contributed by atoms with van der Waals surface area (Å²) in [6, 6.07) is 5.27. The molecule has 0 unspecified atom stereocenters. The number of benzene rings is 1. The highest BCUT2D eigenvalue weighted by atomic mass is 32.2. The summed E-state index contributed by atoms with van der Waals surface area (Å²) in [4.78, 5) is 14.0. The second-order valence-electron chi connectivity index (χ2n) is 9.02. The summed E-state index contributed by atoms with van der Waals surface area (Å²) in [7, 11) is -7.41. The number of rotatable bonds is 10. The Hall–Kier alpha value is -1.69. The van der Waals surface area contributed by atoms with Gasteiger partial charge in [0.15, 0.2) is 0 Å². The maximum absolute atomic E-state index is 12.5. The monoisotopic (exact) mass is 473 g/mol. The van der Waals surface area contributed by atoms with Gasteiger partial charge in [0.25, 0.3) is 0 Å². The summed E-state index contributed by atoms with van der Waals surface area (Å²) in [5, 5.41) is 0. The van der Waals surface area contributed by atoms with Crippen LogP contribution in [0.4, 0.5) is 4.79 Å². The van der Waals surface area contributed by atoms with Crippen molar-refractivity contribution in [3.8, 4) is 0 Å². The molecule has 2 aliphatic carbocycles. The molecule has 31 heavy (non-hydrogen) atoms. The summed E-state index contributed by atoms with van der Waals surface area (Å²) >= 11 is 0. The standard InChI is InChI=1S/C20H31N3O6S2/c1-20(2,3)29-19(24)23(16-7-8-16)14-4-13-21-30(25,26)17-9-11-18(12-10-17)31(27,28)22-15-5-6-15/h9-12,15-16,21-22H,4-8,13-14H2,1-3H3. The molecular formula is C20H31N3O6S2. The number of ether oxygens (including phenoxy) is 1. The minimum Gasteiger partial charge on any atom is -0.444 e. The van der Waals surface area contributed by atoms with Gasteiger partial charge in [0.05, 0.1) is 9.79 Å². The Balaban J connectivity index is 1.52. The van der Waals surface area contributed by atoms with Crippen LogP contribution in [0.2, 0.25) is 0 Å². The lowest BCUT2D eigenvalue weighted by atomic mass is 10.2. The third kappa shape index (κ3) is 7.16. The highest BCUT2D eigenvalue weighted by Crippen LogP contribution is 2.28. The normalized spacial score (nSPS) is 17.4. The number of sulfonamides is 2. The fourth-order valence-electron chi connectivity index (χ4n) is 2.96. The molecule has 0 heterocycles. The van der Waals surface area contributed by atoms with Gasteiger partial charge in [0.2, 0.25) is 20.0 Å². The number of carbonyl (C=O) groups excluding carboxylic acids is 1. The third-order valence-corrected chi connectivity index (χ3v) is 7.84. The Morgan fingerprint density at radius 3 is 2.03 bits per heavy atom. The number of amides is 1. The van der Waals surface area contributed by atoms with Crippen LogP contribution < -0.4 is 9.44 Å². The van der Waals surface area contributed by atoms with E-state index in [9.17, 15) is 21.6 Å². The van der Waals surface area contributed by atoms with E-state index in [0.717, 1.165) is 25.7 Å². The van der Waals surface area contributed by atoms with Gasteiger partial charge in [-0.15, -0.1) is 0 Å². The Kier molecular flexibility index (Phi) is 6.99. The van der Waals surface area contributed by atoms with Crippen LogP contribution in [-0.2, 0) is 24.8 Å². The molecule has 1 amide bonds. The maximum atomic E-state index is 12.5. The van der Waals surface area contributed by atoms with Crippen LogP contribution in [-0.4, -0.2) is 58.6 Å². The zero-order valence-electron chi connectivity index (χ0n) is 18.1. The van der Waals surface area contributed by atoms with Crippen LogP contribution in [0.25, 0.3) is 0 Å². The van der Waals surface area contributed by atoms with Crippen molar-refractivity contribution < 1.29 is 26.4 Å². The molecule has 2 saturated carbocycles. The molecular weight excluding hydrogens is 442 g/mol. The summed E-state index contributed by atoms with van der Waals surface area (Å²) < 4.78 is 59.9. The molecule has 2 N–H and O–H groups in total. The SMILES string of the molecule is CC(C)(C)OC(=O)N(CCCNS(=O)(=O)c1ccc(S(=O)(=O)NC2CC2)cc1)C1CC1. The number of carbonyl (C=O) groups is 1. The van der Waals surface area contributed by atoms with Gasteiger partial charge in [-0.2, -0.15) is 0 Å². The van der Waals surface area contributed by atoms with Crippen molar-refractivity contribution in [1.82, 2.24) is 14.3 Å². The Bertz CT molecular complexity index is 992. The van der Waals surface area contributed by atoms with Crippen molar-refractivity contribution >= 4 is 26.1 Å². The number of hydrogen-bond donors (Lipinski definition) is 2. The lowest BCUT2D eigenvalue weighted by molar-refractivity contribution is 0.0232. The number of nitrogens with zero attached hydrogens (tertiary/aromatic N) is 1. The third-order valence-electron chi connectivity index (χ3n) is 4.83. The lowest BCUT2D eigenvalue weighted by Gasteiger charge is -2.27. The molecule has 0 spiro atoms. The van der Waals surface area contributed by atoms with Crippen molar-refractivity contribution in [3.05, 3.63) is 24.3 Å². The fraction of sp³-hybridized carbons (Fsp3) is 0.650. The van der Waals surface area contributed by atoms with Crippen LogP contribution in [0.3, 0.4) is 0 Å². The average molecular weight is 474 g/mol. The first kappa shape index (κ1) is 24.0. The van der Waals surface area contributed by atoms with Crippen LogP contribution in [0, 0.1) is 0 Å². The van der Waals surface area contributed by atoms with Crippen molar-refractivity contribution in [2.24, 2.45) is 0 Å². The molecule has 11 heteroatoms. The zero-order valence-corrected chi connectivity index (χ0v) is 19.8. The molecule has 0 bridgehead atoms. The molecule has 0 saturated heterocycles. The zero-order chi connectivity index (χ0) is 22.9. The maximum Gasteiger partial charge on any atom is 0.410 e. The molecule has 0 aliphatic heterocycles. The second-order valence-corrected chi connectivity index (χ2v) is 12.5. The topological polar surface area (TPSA) is 122 Å². The van der Waals surface area contributed by atoms with E-state index in [4.69, 9.17) is 4.74 Å². The molecule has 1 aromatic rings. The molecule has 2 fully saturated rings. The van der Waals surface area contributed by atoms with E-state index >= 15 is 0 Å². The van der Waals surface area contributed by atoms with Gasteiger partial charge < -0.3 is 9.64 Å². The first-order chi connectivity index (χ1) is 14.4. The molecule has 0 atom stereocenters. The molecule has 0 radical (unpaired) electrons. The molecule has 1 aromatic carbocycles. The van der Waals surface area contributed by atoms with E-state index in [1.807, 2.05) is 20.8 Å². The summed E-state index contributed by atoms with van der Waals surface area (Å²) in [5.74, 6) is 0. The largest absolute Gasteiger partial charge is 0.444 e. The Labute approximate surface area is 184 Å². The molecule has 3 rings (SSSR count). The second kappa shape index (κ2) is 9.05. The van der Waals surface area contributed by atoms with Gasteiger partial charge in [-0.1, -0.05) is 0 Å². The minimum absolute atomic E-state index is 0.0101. The quantitative estimate of drug-likeness (QED) is 0.503. The van der Waals surface area contributed by atoms with E-state index in [1.54, 1.807) is 4.90 Å². The van der Waals surface area contributed by atoms with E-state index in [2.05, 4.69) is 9.44 Å². The van der Waals surface area contributed by atoms with Crippen LogP contribution in [0.5, 0.6) is 0 Å². The van der Waals surface area contributed by atoms with Crippen molar-refractivity contribution in [3.63, 3.8) is 0 Å². The Morgan fingerprint density at radius 1 is 1.00 bits per heavy atom. The summed E-state index contributed by atoms with van der Waals surface area (Å²) in [5.41, 5.74) is -0.584. The average Bonchev–Trinajstić information content (AvgIpc) is 3.55. The predicted molar refractivity (Wildman–Crippen MR) is 116 cm³/mol. The van der Waals surface area contributed by atoms with E-state index in [-0.39, 0.29) is 34.5 Å². The van der Waals surface area contributed by atoms with Crippen LogP contribution >= 0.6 is 0 Å². The van der Waals surface area contributed by atoms with Crippen LogP contribution in [0.1, 0.15) is 52.9 Å². The van der Waals surface area contributed by atoms with Crippen LogP contribution in [0.15, 0.2) is 34.1 Å².